The zero-order chi connectivity index (χ0) is 17.4. The van der Waals surface area contributed by atoms with Crippen molar-refractivity contribution >= 4 is 11.7 Å². The minimum absolute atomic E-state index is 0.00464. The van der Waals surface area contributed by atoms with Crippen LogP contribution in [0.25, 0.3) is 0 Å². The van der Waals surface area contributed by atoms with Crippen molar-refractivity contribution in [3.8, 4) is 0 Å². The Morgan fingerprint density at radius 3 is 2.92 bits per heavy atom. The third-order valence-electron chi connectivity index (χ3n) is 5.65. The largest absolute Gasteiger partial charge is 0.376 e. The second-order valence-electron chi connectivity index (χ2n) is 7.50. The molecule has 7 nitrogen and oxygen atoms in total. The van der Waals surface area contributed by atoms with E-state index < -0.39 is 12.1 Å². The van der Waals surface area contributed by atoms with Gasteiger partial charge in [0.15, 0.2) is 0 Å². The van der Waals surface area contributed by atoms with E-state index in [0.717, 1.165) is 32.4 Å². The van der Waals surface area contributed by atoms with Crippen molar-refractivity contribution in [2.24, 2.45) is 11.3 Å². The van der Waals surface area contributed by atoms with Crippen LogP contribution in [0.4, 0.5) is 10.2 Å². The molecule has 136 valence electrons. The van der Waals surface area contributed by atoms with Crippen LogP contribution in [0.15, 0.2) is 17.2 Å². The maximum atomic E-state index is 12.9. The highest BCUT2D eigenvalue weighted by molar-refractivity contribution is 5.82. The fourth-order valence-corrected chi connectivity index (χ4v) is 3.90. The molecular formula is C17H23FN4O3. The Balaban J connectivity index is 1.27. The lowest BCUT2D eigenvalue weighted by Crippen LogP contribution is -2.41. The molecule has 1 saturated carbocycles. The van der Waals surface area contributed by atoms with Crippen molar-refractivity contribution in [1.29, 1.82) is 0 Å². The summed E-state index contributed by atoms with van der Waals surface area (Å²) in [5.74, 6) is 0.0823. The predicted molar refractivity (Wildman–Crippen MR) is 89.1 cm³/mol. The Morgan fingerprint density at radius 2 is 2.24 bits per heavy atom. The zero-order valence-electron chi connectivity index (χ0n) is 14.0. The maximum absolute atomic E-state index is 12.9. The van der Waals surface area contributed by atoms with Gasteiger partial charge in [-0.2, -0.15) is 0 Å². The van der Waals surface area contributed by atoms with Crippen molar-refractivity contribution in [2.45, 2.75) is 38.0 Å². The summed E-state index contributed by atoms with van der Waals surface area (Å²) in [7, 11) is 0. The first-order chi connectivity index (χ1) is 12.0. The number of H-pyrrole nitrogens is 1. The van der Waals surface area contributed by atoms with E-state index in [1.807, 2.05) is 0 Å². The number of halogens is 1. The Labute approximate surface area is 145 Å². The van der Waals surface area contributed by atoms with Crippen LogP contribution in [0.5, 0.6) is 0 Å². The molecular weight excluding hydrogens is 327 g/mol. The molecule has 3 fully saturated rings. The zero-order valence-corrected chi connectivity index (χ0v) is 14.0. The molecule has 25 heavy (non-hydrogen) atoms. The molecule has 0 radical (unpaired) electrons. The lowest BCUT2D eigenvalue weighted by atomic mass is 9.76. The second-order valence-corrected chi connectivity index (χ2v) is 7.50. The van der Waals surface area contributed by atoms with Crippen LogP contribution in [0.2, 0.25) is 0 Å². The van der Waals surface area contributed by atoms with Gasteiger partial charge in [0.2, 0.25) is 5.91 Å². The Bertz CT molecular complexity index is 701. The topological polar surface area (TPSA) is 87.3 Å². The van der Waals surface area contributed by atoms with Gasteiger partial charge in [-0.05, 0) is 31.1 Å². The Hall–Kier alpha value is -1.96. The van der Waals surface area contributed by atoms with E-state index >= 15 is 0 Å². The van der Waals surface area contributed by atoms with Gasteiger partial charge in [-0.3, -0.25) is 9.59 Å². The van der Waals surface area contributed by atoms with Gasteiger partial charge in [0, 0.05) is 25.7 Å². The number of nitrogens with one attached hydrogen (secondary N) is 2. The summed E-state index contributed by atoms with van der Waals surface area (Å²) in [6.45, 7) is 2.83. The summed E-state index contributed by atoms with van der Waals surface area (Å²) in [5, 5.41) is 2.82. The summed E-state index contributed by atoms with van der Waals surface area (Å²) in [6, 6.07) is 1.53. The predicted octanol–water partition coefficient (Wildman–Crippen LogP) is 0.620. The SMILES string of the molecule is O=C(NCC1CC2(CCN(c3cc(=O)[nH]cn3)CC2)CO1)C1CC1F. The minimum Gasteiger partial charge on any atom is -0.376 e. The molecule has 3 atom stereocenters. The fourth-order valence-electron chi connectivity index (χ4n) is 3.90. The maximum Gasteiger partial charge on any atom is 0.252 e. The van der Waals surface area contributed by atoms with Gasteiger partial charge in [0.05, 0.1) is 25.0 Å². The van der Waals surface area contributed by atoms with Gasteiger partial charge in [0.1, 0.15) is 12.0 Å². The number of ether oxygens (including phenoxy) is 1. The molecule has 3 aliphatic rings. The van der Waals surface area contributed by atoms with Gasteiger partial charge in [-0.1, -0.05) is 0 Å². The molecule has 3 heterocycles. The van der Waals surface area contributed by atoms with Crippen LogP contribution in [-0.4, -0.2) is 54.4 Å². The molecule has 2 saturated heterocycles. The van der Waals surface area contributed by atoms with Crippen LogP contribution in [0.1, 0.15) is 25.7 Å². The number of carbonyl (C=O) groups is 1. The second kappa shape index (κ2) is 6.40. The molecule has 0 aromatic carbocycles. The molecule has 1 amide bonds. The van der Waals surface area contributed by atoms with Gasteiger partial charge in [-0.25, -0.2) is 9.37 Å². The number of hydrogen-bond donors (Lipinski definition) is 2. The van der Waals surface area contributed by atoms with Crippen molar-refractivity contribution < 1.29 is 13.9 Å². The number of rotatable bonds is 4. The quantitative estimate of drug-likeness (QED) is 0.831. The molecule has 1 aromatic heterocycles. The van der Waals surface area contributed by atoms with Crippen molar-refractivity contribution in [1.82, 2.24) is 15.3 Å². The highest BCUT2D eigenvalue weighted by Crippen LogP contribution is 2.42. The highest BCUT2D eigenvalue weighted by Gasteiger charge is 2.45. The minimum atomic E-state index is -0.959. The van der Waals surface area contributed by atoms with Crippen LogP contribution in [-0.2, 0) is 9.53 Å². The number of amides is 1. The monoisotopic (exact) mass is 350 g/mol. The van der Waals surface area contributed by atoms with E-state index in [-0.39, 0.29) is 23.0 Å². The first-order valence-corrected chi connectivity index (χ1v) is 8.88. The van der Waals surface area contributed by atoms with Gasteiger partial charge < -0.3 is 19.9 Å². The number of anilines is 1. The van der Waals surface area contributed by atoms with Gasteiger partial charge in [-0.15, -0.1) is 0 Å². The molecule has 2 aliphatic heterocycles. The van der Waals surface area contributed by atoms with Crippen LogP contribution in [0, 0.1) is 11.3 Å². The number of hydrogen-bond acceptors (Lipinski definition) is 5. The van der Waals surface area contributed by atoms with E-state index in [2.05, 4.69) is 20.2 Å². The Morgan fingerprint density at radius 1 is 1.48 bits per heavy atom. The third kappa shape index (κ3) is 3.53. The summed E-state index contributed by atoms with van der Waals surface area (Å²) in [4.78, 5) is 32.0. The number of nitrogens with zero attached hydrogens (tertiary/aromatic N) is 2. The lowest BCUT2D eigenvalue weighted by Gasteiger charge is -2.38. The molecule has 8 heteroatoms. The van der Waals surface area contributed by atoms with E-state index in [4.69, 9.17) is 4.74 Å². The molecule has 0 bridgehead atoms. The van der Waals surface area contributed by atoms with Crippen LogP contribution >= 0.6 is 0 Å². The number of aromatic nitrogens is 2. The van der Waals surface area contributed by atoms with E-state index in [9.17, 15) is 14.0 Å². The summed E-state index contributed by atoms with van der Waals surface area (Å²) < 4.78 is 18.8. The fraction of sp³-hybridized carbons (Fsp3) is 0.706. The first kappa shape index (κ1) is 16.5. The number of alkyl halides is 1. The summed E-state index contributed by atoms with van der Waals surface area (Å²) in [5.41, 5.74) is -0.00793. The smallest absolute Gasteiger partial charge is 0.252 e. The Kier molecular flexibility index (Phi) is 4.23. The van der Waals surface area contributed by atoms with E-state index in [1.165, 1.54) is 12.4 Å². The lowest BCUT2D eigenvalue weighted by molar-refractivity contribution is -0.123. The number of aromatic amines is 1. The number of carbonyl (C=O) groups excluding carboxylic acids is 1. The molecule has 1 aromatic rings. The normalized spacial score (nSPS) is 30.4. The molecule has 4 rings (SSSR count). The van der Waals surface area contributed by atoms with Crippen molar-refractivity contribution in [3.05, 3.63) is 22.7 Å². The molecule has 2 N–H and O–H groups in total. The molecule has 3 unspecified atom stereocenters. The molecule has 1 aliphatic carbocycles. The summed E-state index contributed by atoms with van der Waals surface area (Å²) >= 11 is 0. The van der Waals surface area contributed by atoms with E-state index in [1.54, 1.807) is 0 Å². The van der Waals surface area contributed by atoms with Crippen LogP contribution < -0.4 is 15.8 Å². The van der Waals surface area contributed by atoms with Crippen molar-refractivity contribution in [2.75, 3.05) is 31.1 Å². The average Bonchev–Trinajstić information content (AvgIpc) is 3.22. The standard InChI is InChI=1S/C17H23FN4O3/c18-13-5-12(13)16(24)19-8-11-7-17(9-25-11)1-3-22(4-2-17)14-6-15(23)21-10-20-14/h6,10-13H,1-5,7-9H2,(H,19,24)(H,20,21,23). The van der Waals surface area contributed by atoms with Crippen LogP contribution in [0.3, 0.4) is 0 Å². The van der Waals surface area contributed by atoms with Gasteiger partial charge >= 0.3 is 0 Å². The van der Waals surface area contributed by atoms with E-state index in [0.29, 0.717) is 25.4 Å². The summed E-state index contributed by atoms with van der Waals surface area (Å²) in [6.07, 6.45) is 3.69. The first-order valence-electron chi connectivity index (χ1n) is 8.88. The number of piperidine rings is 1. The third-order valence-corrected chi connectivity index (χ3v) is 5.65. The van der Waals surface area contributed by atoms with Gasteiger partial charge in [0.25, 0.3) is 5.56 Å². The van der Waals surface area contributed by atoms with Crippen molar-refractivity contribution in [3.63, 3.8) is 0 Å². The highest BCUT2D eigenvalue weighted by atomic mass is 19.1. The average molecular weight is 350 g/mol. The molecule has 1 spiro atoms.